The molecule has 20 heavy (non-hydrogen) atoms. The summed E-state index contributed by atoms with van der Waals surface area (Å²) in [4.78, 5) is 21.8. The minimum absolute atomic E-state index is 0.346. The number of nitro benzene ring substituents is 1. The Morgan fingerprint density at radius 1 is 1.55 bits per heavy atom. The van der Waals surface area contributed by atoms with Crippen molar-refractivity contribution in [1.29, 1.82) is 0 Å². The van der Waals surface area contributed by atoms with E-state index in [0.717, 1.165) is 18.2 Å². The summed E-state index contributed by atoms with van der Waals surface area (Å²) in [5.74, 6) is -1.59. The van der Waals surface area contributed by atoms with Crippen molar-refractivity contribution in [3.8, 4) is 0 Å². The molecule has 2 aromatic rings. The lowest BCUT2D eigenvalue weighted by molar-refractivity contribution is -0.384. The van der Waals surface area contributed by atoms with Crippen LogP contribution in [0.2, 0.25) is 0 Å². The average Bonchev–Trinajstić information content (AvgIpc) is 2.86. The van der Waals surface area contributed by atoms with Crippen LogP contribution in [0.5, 0.6) is 0 Å². The van der Waals surface area contributed by atoms with E-state index in [-0.39, 0.29) is 11.3 Å². The number of aromatic nitrogens is 2. The van der Waals surface area contributed by atoms with Gasteiger partial charge in [-0.3, -0.25) is 19.6 Å². The van der Waals surface area contributed by atoms with E-state index in [1.54, 1.807) is 10.9 Å². The number of carbonyl (C=O) groups excluding carboxylic acids is 1. The normalized spacial score (nSPS) is 10.3. The molecule has 0 saturated heterocycles. The van der Waals surface area contributed by atoms with E-state index in [4.69, 9.17) is 0 Å². The van der Waals surface area contributed by atoms with E-state index in [0.29, 0.717) is 12.2 Å². The van der Waals surface area contributed by atoms with Crippen LogP contribution in [0.25, 0.3) is 0 Å². The highest BCUT2D eigenvalue weighted by molar-refractivity contribution is 6.04. The fraction of sp³-hybridized carbons (Fsp3) is 0.167. The summed E-state index contributed by atoms with van der Waals surface area (Å²) in [5, 5.41) is 17.0. The van der Waals surface area contributed by atoms with E-state index in [9.17, 15) is 19.3 Å². The number of anilines is 1. The zero-order valence-corrected chi connectivity index (χ0v) is 10.5. The van der Waals surface area contributed by atoms with Crippen LogP contribution in [0.15, 0.2) is 30.6 Å². The highest BCUT2D eigenvalue weighted by Gasteiger charge is 2.17. The molecule has 0 aliphatic rings. The predicted molar refractivity (Wildman–Crippen MR) is 68.9 cm³/mol. The van der Waals surface area contributed by atoms with Crippen molar-refractivity contribution in [2.75, 3.05) is 5.32 Å². The molecule has 0 bridgehead atoms. The molecule has 2 rings (SSSR count). The molecular weight excluding hydrogens is 267 g/mol. The van der Waals surface area contributed by atoms with Gasteiger partial charge in [-0.15, -0.1) is 0 Å². The van der Waals surface area contributed by atoms with Crippen LogP contribution in [0.3, 0.4) is 0 Å². The van der Waals surface area contributed by atoms with Crippen molar-refractivity contribution in [1.82, 2.24) is 9.78 Å². The van der Waals surface area contributed by atoms with Crippen molar-refractivity contribution < 1.29 is 14.1 Å². The maximum Gasteiger partial charge on any atom is 0.270 e. The lowest BCUT2D eigenvalue weighted by Crippen LogP contribution is -2.13. The van der Waals surface area contributed by atoms with E-state index in [2.05, 4.69) is 10.4 Å². The second kappa shape index (κ2) is 5.47. The van der Waals surface area contributed by atoms with Gasteiger partial charge in [0.1, 0.15) is 5.82 Å². The summed E-state index contributed by atoms with van der Waals surface area (Å²) >= 11 is 0. The summed E-state index contributed by atoms with van der Waals surface area (Å²) in [7, 11) is 0. The molecule has 1 N–H and O–H groups in total. The molecular formula is C12H11FN4O3. The Balaban J connectivity index is 2.24. The quantitative estimate of drug-likeness (QED) is 0.685. The molecule has 1 amide bonds. The first-order chi connectivity index (χ1) is 9.51. The number of nitro groups is 1. The van der Waals surface area contributed by atoms with Gasteiger partial charge in [0.05, 0.1) is 22.4 Å². The third-order valence-corrected chi connectivity index (χ3v) is 2.62. The van der Waals surface area contributed by atoms with Crippen molar-refractivity contribution in [3.05, 3.63) is 52.1 Å². The van der Waals surface area contributed by atoms with Gasteiger partial charge < -0.3 is 5.32 Å². The number of nitrogens with one attached hydrogen (secondary N) is 1. The Bertz CT molecular complexity index is 668. The zero-order chi connectivity index (χ0) is 14.7. The first kappa shape index (κ1) is 13.7. The lowest BCUT2D eigenvalue weighted by atomic mass is 10.1. The van der Waals surface area contributed by atoms with Gasteiger partial charge >= 0.3 is 0 Å². The molecule has 1 aromatic heterocycles. The molecule has 1 heterocycles. The zero-order valence-electron chi connectivity index (χ0n) is 10.5. The number of hydrogen-bond acceptors (Lipinski definition) is 4. The lowest BCUT2D eigenvalue weighted by Gasteiger charge is -2.03. The Morgan fingerprint density at radius 2 is 2.30 bits per heavy atom. The number of aryl methyl sites for hydroxylation is 1. The van der Waals surface area contributed by atoms with Crippen LogP contribution in [-0.2, 0) is 6.54 Å². The molecule has 0 atom stereocenters. The first-order valence-corrected chi connectivity index (χ1v) is 5.79. The summed E-state index contributed by atoms with van der Waals surface area (Å²) in [5.41, 5.74) is -0.341. The standard InChI is InChI=1S/C12H11FN4O3/c1-2-16-7-8(6-14-16)15-12(18)10-5-9(17(19)20)3-4-11(10)13/h3-7H,2H2,1H3,(H,15,18). The Kier molecular flexibility index (Phi) is 3.74. The molecule has 0 aliphatic carbocycles. The number of halogens is 1. The number of non-ortho nitro benzene ring substituents is 1. The van der Waals surface area contributed by atoms with Gasteiger partial charge in [-0.25, -0.2) is 4.39 Å². The third-order valence-electron chi connectivity index (χ3n) is 2.62. The third kappa shape index (κ3) is 2.79. The summed E-state index contributed by atoms with van der Waals surface area (Å²) in [6, 6.07) is 2.79. The molecule has 1 aromatic carbocycles. The van der Waals surface area contributed by atoms with Crippen LogP contribution in [0, 0.1) is 15.9 Å². The highest BCUT2D eigenvalue weighted by Crippen LogP contribution is 2.18. The van der Waals surface area contributed by atoms with Crippen LogP contribution >= 0.6 is 0 Å². The van der Waals surface area contributed by atoms with E-state index in [1.807, 2.05) is 6.92 Å². The van der Waals surface area contributed by atoms with Gasteiger partial charge in [0.25, 0.3) is 11.6 Å². The molecule has 0 saturated carbocycles. The molecule has 8 heteroatoms. The Hall–Kier alpha value is -2.77. The van der Waals surface area contributed by atoms with Crippen molar-refractivity contribution in [2.45, 2.75) is 13.5 Å². The first-order valence-electron chi connectivity index (χ1n) is 5.79. The molecule has 0 aliphatic heterocycles. The Labute approximate surface area is 113 Å². The second-order valence-electron chi connectivity index (χ2n) is 3.96. The van der Waals surface area contributed by atoms with Crippen LogP contribution in [-0.4, -0.2) is 20.6 Å². The van der Waals surface area contributed by atoms with Gasteiger partial charge in [-0.1, -0.05) is 0 Å². The van der Waals surface area contributed by atoms with Crippen LogP contribution in [0.1, 0.15) is 17.3 Å². The van der Waals surface area contributed by atoms with E-state index in [1.165, 1.54) is 6.20 Å². The van der Waals surface area contributed by atoms with Gasteiger partial charge in [0, 0.05) is 24.9 Å². The number of amides is 1. The summed E-state index contributed by atoms with van der Waals surface area (Å²) in [6.07, 6.45) is 2.99. The predicted octanol–water partition coefficient (Wildman–Crippen LogP) is 2.20. The topological polar surface area (TPSA) is 90.1 Å². The van der Waals surface area contributed by atoms with E-state index >= 15 is 0 Å². The van der Waals surface area contributed by atoms with Gasteiger partial charge in [-0.2, -0.15) is 5.10 Å². The fourth-order valence-electron chi connectivity index (χ4n) is 1.60. The van der Waals surface area contributed by atoms with Gasteiger partial charge in [0.15, 0.2) is 0 Å². The summed E-state index contributed by atoms with van der Waals surface area (Å²) in [6.45, 7) is 2.50. The van der Waals surface area contributed by atoms with Gasteiger partial charge in [0.2, 0.25) is 0 Å². The minimum Gasteiger partial charge on any atom is -0.319 e. The van der Waals surface area contributed by atoms with Crippen LogP contribution in [0.4, 0.5) is 15.8 Å². The summed E-state index contributed by atoms with van der Waals surface area (Å²) < 4.78 is 15.1. The monoisotopic (exact) mass is 278 g/mol. The molecule has 7 nitrogen and oxygen atoms in total. The molecule has 0 spiro atoms. The number of hydrogen-bond donors (Lipinski definition) is 1. The van der Waals surface area contributed by atoms with Gasteiger partial charge in [-0.05, 0) is 13.0 Å². The fourth-order valence-corrected chi connectivity index (χ4v) is 1.60. The highest BCUT2D eigenvalue weighted by atomic mass is 19.1. The molecule has 0 fully saturated rings. The number of rotatable bonds is 4. The number of nitrogens with zero attached hydrogens (tertiary/aromatic N) is 3. The smallest absolute Gasteiger partial charge is 0.270 e. The van der Waals surface area contributed by atoms with Crippen molar-refractivity contribution in [3.63, 3.8) is 0 Å². The maximum atomic E-state index is 13.6. The molecule has 104 valence electrons. The second-order valence-corrected chi connectivity index (χ2v) is 3.96. The van der Waals surface area contributed by atoms with E-state index < -0.39 is 16.6 Å². The number of benzene rings is 1. The molecule has 0 radical (unpaired) electrons. The SMILES string of the molecule is CCn1cc(NC(=O)c2cc([N+](=O)[O-])ccc2F)cn1. The van der Waals surface area contributed by atoms with Crippen molar-refractivity contribution in [2.24, 2.45) is 0 Å². The molecule has 0 unspecified atom stereocenters. The minimum atomic E-state index is -0.823. The number of carbonyl (C=O) groups is 1. The van der Waals surface area contributed by atoms with Crippen LogP contribution < -0.4 is 5.32 Å². The van der Waals surface area contributed by atoms with Crippen molar-refractivity contribution >= 4 is 17.3 Å². The maximum absolute atomic E-state index is 13.6. The average molecular weight is 278 g/mol. The largest absolute Gasteiger partial charge is 0.319 e. The Morgan fingerprint density at radius 3 is 2.90 bits per heavy atom.